The molecule has 4 nitrogen and oxygen atoms in total. The predicted molar refractivity (Wildman–Crippen MR) is 78.4 cm³/mol. The summed E-state index contributed by atoms with van der Waals surface area (Å²) in [5.74, 6) is 0.777. The van der Waals surface area contributed by atoms with E-state index in [1.807, 2.05) is 48.5 Å². The number of hydrogen-bond donors (Lipinski definition) is 0. The number of nitrogens with zero attached hydrogens (tertiary/aromatic N) is 3. The summed E-state index contributed by atoms with van der Waals surface area (Å²) >= 11 is 0. The fourth-order valence-corrected chi connectivity index (χ4v) is 2.87. The minimum Gasteiger partial charge on any atom is -0.477 e. The molecule has 2 saturated heterocycles. The van der Waals surface area contributed by atoms with E-state index in [1.165, 1.54) is 6.42 Å². The van der Waals surface area contributed by atoms with Gasteiger partial charge in [-0.15, -0.1) is 0 Å². The first-order valence-electron chi connectivity index (χ1n) is 7.04. The molecule has 0 aromatic heterocycles. The van der Waals surface area contributed by atoms with Crippen LogP contribution in [-0.2, 0) is 4.74 Å². The average molecular weight is 277 g/mol. The predicted octanol–water partition coefficient (Wildman–Crippen LogP) is 2.82. The van der Waals surface area contributed by atoms with Crippen LogP contribution in [0.25, 0.3) is 5.57 Å². The van der Waals surface area contributed by atoms with Crippen LogP contribution in [0, 0.1) is 22.7 Å². The van der Waals surface area contributed by atoms with Crippen molar-refractivity contribution in [3.8, 4) is 12.1 Å². The molecule has 2 aliphatic rings. The Labute approximate surface area is 124 Å². The Hall–Kier alpha value is -2.72. The molecule has 4 heteroatoms. The van der Waals surface area contributed by atoms with Crippen LogP contribution in [0.3, 0.4) is 0 Å². The zero-order valence-electron chi connectivity index (χ0n) is 11.6. The highest BCUT2D eigenvalue weighted by Crippen LogP contribution is 2.32. The van der Waals surface area contributed by atoms with Gasteiger partial charge in [-0.25, -0.2) is 0 Å². The molecule has 0 radical (unpaired) electrons. The van der Waals surface area contributed by atoms with Crippen LogP contribution in [0.4, 0.5) is 0 Å². The lowest BCUT2D eigenvalue weighted by Gasteiger charge is -2.16. The van der Waals surface area contributed by atoms with Gasteiger partial charge in [0.05, 0.1) is 6.04 Å². The smallest absolute Gasteiger partial charge is 0.190 e. The first-order chi connectivity index (χ1) is 10.3. The van der Waals surface area contributed by atoms with E-state index in [0.717, 1.165) is 24.4 Å². The van der Waals surface area contributed by atoms with Gasteiger partial charge in [-0.05, 0) is 18.4 Å². The molecule has 104 valence electrons. The van der Waals surface area contributed by atoms with E-state index in [9.17, 15) is 10.5 Å². The Morgan fingerprint density at radius 3 is 2.71 bits per heavy atom. The molecule has 3 rings (SSSR count). The zero-order chi connectivity index (χ0) is 14.7. The van der Waals surface area contributed by atoms with Crippen molar-refractivity contribution in [3.05, 3.63) is 53.4 Å². The number of hydrogen-bond acceptors (Lipinski definition) is 4. The van der Waals surface area contributed by atoms with Crippen LogP contribution < -0.4 is 0 Å². The molecule has 2 aliphatic heterocycles. The number of ether oxygens (including phenoxy) is 1. The zero-order valence-corrected chi connectivity index (χ0v) is 11.6. The van der Waals surface area contributed by atoms with E-state index in [-0.39, 0.29) is 5.57 Å². The van der Waals surface area contributed by atoms with Crippen LogP contribution >= 0.6 is 0 Å². The van der Waals surface area contributed by atoms with Crippen molar-refractivity contribution < 1.29 is 4.74 Å². The van der Waals surface area contributed by atoms with Crippen LogP contribution in [0.15, 0.2) is 47.9 Å². The quantitative estimate of drug-likeness (QED) is 0.780. The molecule has 1 aromatic rings. The van der Waals surface area contributed by atoms with Crippen molar-refractivity contribution in [1.29, 1.82) is 10.5 Å². The maximum atomic E-state index is 9.21. The highest BCUT2D eigenvalue weighted by atomic mass is 16.5. The minimum absolute atomic E-state index is 0.111. The summed E-state index contributed by atoms with van der Waals surface area (Å²) in [5.41, 5.74) is 1.59. The molecule has 2 fully saturated rings. The SMILES string of the molecule is N#CC(C#N)=C(/C=C1/OCC2CCCN12)c1ccccc1. The van der Waals surface area contributed by atoms with E-state index in [2.05, 4.69) is 4.90 Å². The van der Waals surface area contributed by atoms with Crippen molar-refractivity contribution in [3.63, 3.8) is 0 Å². The van der Waals surface area contributed by atoms with E-state index < -0.39 is 0 Å². The van der Waals surface area contributed by atoms with Gasteiger partial charge in [0.15, 0.2) is 5.88 Å². The van der Waals surface area contributed by atoms with Gasteiger partial charge in [-0.3, -0.25) is 0 Å². The maximum absolute atomic E-state index is 9.21. The number of benzene rings is 1. The summed E-state index contributed by atoms with van der Waals surface area (Å²) in [7, 11) is 0. The summed E-state index contributed by atoms with van der Waals surface area (Å²) < 4.78 is 5.75. The molecule has 21 heavy (non-hydrogen) atoms. The fourth-order valence-electron chi connectivity index (χ4n) is 2.87. The second-order valence-corrected chi connectivity index (χ2v) is 5.16. The third-order valence-electron chi connectivity index (χ3n) is 3.93. The van der Waals surface area contributed by atoms with Gasteiger partial charge in [-0.2, -0.15) is 10.5 Å². The van der Waals surface area contributed by atoms with E-state index >= 15 is 0 Å². The van der Waals surface area contributed by atoms with Gasteiger partial charge >= 0.3 is 0 Å². The molecular formula is C17H15N3O. The van der Waals surface area contributed by atoms with Gasteiger partial charge in [0.2, 0.25) is 0 Å². The highest BCUT2D eigenvalue weighted by molar-refractivity contribution is 5.82. The van der Waals surface area contributed by atoms with Crippen molar-refractivity contribution in [1.82, 2.24) is 4.90 Å². The van der Waals surface area contributed by atoms with Gasteiger partial charge in [0, 0.05) is 18.2 Å². The fraction of sp³-hybridized carbons (Fsp3) is 0.294. The van der Waals surface area contributed by atoms with Crippen molar-refractivity contribution in [2.45, 2.75) is 18.9 Å². The first-order valence-corrected chi connectivity index (χ1v) is 7.04. The maximum Gasteiger partial charge on any atom is 0.190 e. The Kier molecular flexibility index (Phi) is 3.62. The normalized spacial score (nSPS) is 21.3. The lowest BCUT2D eigenvalue weighted by Crippen LogP contribution is -2.22. The standard InChI is InChI=1S/C17H15N3O/c18-10-14(11-19)16(13-5-2-1-3-6-13)9-17-20-8-4-7-15(20)12-21-17/h1-3,5-6,9,15H,4,7-8,12H2/b17-9+. The minimum atomic E-state index is 0.111. The molecule has 1 aromatic carbocycles. The molecule has 0 spiro atoms. The van der Waals surface area contributed by atoms with Crippen molar-refractivity contribution in [2.24, 2.45) is 0 Å². The number of allylic oxidation sites excluding steroid dienone is 3. The lowest BCUT2D eigenvalue weighted by atomic mass is 10.0. The number of nitriles is 2. The molecule has 0 N–H and O–H groups in total. The third-order valence-corrected chi connectivity index (χ3v) is 3.93. The Morgan fingerprint density at radius 2 is 2.00 bits per heavy atom. The third kappa shape index (κ3) is 2.49. The monoisotopic (exact) mass is 277 g/mol. The summed E-state index contributed by atoms with van der Waals surface area (Å²) in [6.45, 7) is 1.68. The second-order valence-electron chi connectivity index (χ2n) is 5.16. The number of rotatable bonds is 2. The largest absolute Gasteiger partial charge is 0.477 e. The average Bonchev–Trinajstić information content (AvgIpc) is 3.13. The van der Waals surface area contributed by atoms with Crippen LogP contribution in [0.2, 0.25) is 0 Å². The molecule has 0 bridgehead atoms. The topological polar surface area (TPSA) is 60.1 Å². The molecule has 0 aliphatic carbocycles. The first kappa shape index (κ1) is 13.3. The van der Waals surface area contributed by atoms with Crippen molar-refractivity contribution in [2.75, 3.05) is 13.2 Å². The molecule has 0 saturated carbocycles. The van der Waals surface area contributed by atoms with Gasteiger partial charge in [0.1, 0.15) is 24.3 Å². The second kappa shape index (κ2) is 5.73. The summed E-state index contributed by atoms with van der Waals surface area (Å²) in [5, 5.41) is 18.4. The van der Waals surface area contributed by atoms with Gasteiger partial charge in [0.25, 0.3) is 0 Å². The Balaban J connectivity index is 2.04. The van der Waals surface area contributed by atoms with E-state index in [0.29, 0.717) is 18.2 Å². The van der Waals surface area contributed by atoms with Crippen LogP contribution in [-0.4, -0.2) is 24.1 Å². The van der Waals surface area contributed by atoms with E-state index in [1.54, 1.807) is 0 Å². The Morgan fingerprint density at radius 1 is 1.24 bits per heavy atom. The molecular weight excluding hydrogens is 262 g/mol. The lowest BCUT2D eigenvalue weighted by molar-refractivity contribution is 0.233. The van der Waals surface area contributed by atoms with Gasteiger partial charge in [-0.1, -0.05) is 30.3 Å². The van der Waals surface area contributed by atoms with Crippen LogP contribution in [0.1, 0.15) is 18.4 Å². The summed E-state index contributed by atoms with van der Waals surface area (Å²) in [6, 6.07) is 13.9. The molecule has 2 heterocycles. The molecule has 0 amide bonds. The summed E-state index contributed by atoms with van der Waals surface area (Å²) in [6.07, 6.45) is 4.15. The van der Waals surface area contributed by atoms with Gasteiger partial charge < -0.3 is 9.64 Å². The number of fused-ring (bicyclic) bond motifs is 1. The Bertz CT molecular complexity index is 660. The highest BCUT2D eigenvalue weighted by Gasteiger charge is 2.33. The van der Waals surface area contributed by atoms with Crippen LogP contribution in [0.5, 0.6) is 0 Å². The van der Waals surface area contributed by atoms with Crippen molar-refractivity contribution >= 4 is 5.57 Å². The van der Waals surface area contributed by atoms with E-state index in [4.69, 9.17) is 4.74 Å². The summed E-state index contributed by atoms with van der Waals surface area (Å²) in [4.78, 5) is 2.23. The molecule has 1 unspecified atom stereocenters. The molecule has 1 atom stereocenters.